The molecule has 9 heteroatoms. The Balaban J connectivity index is 1.99. The fourth-order valence-corrected chi connectivity index (χ4v) is 2.29. The Morgan fingerprint density at radius 1 is 1.27 bits per heavy atom. The van der Waals surface area contributed by atoms with E-state index in [0.29, 0.717) is 16.8 Å². The van der Waals surface area contributed by atoms with Crippen LogP contribution in [0.5, 0.6) is 5.75 Å². The molecule has 1 N–H and O–H groups in total. The van der Waals surface area contributed by atoms with Crippen molar-refractivity contribution in [3.05, 3.63) is 48.2 Å². The standard InChI is InChI=1S/C17H11F3N4O2/c1-2-8-21-16(25)12-6-7-14-22-23-15(24(14)10-12)11-4-3-5-13(9-11)26-17(18,19)20/h1,3-7,9-10H,8H2,(H,21,25). The zero-order valence-corrected chi connectivity index (χ0v) is 13.1. The van der Waals surface area contributed by atoms with Crippen LogP contribution in [-0.2, 0) is 0 Å². The van der Waals surface area contributed by atoms with Crippen molar-refractivity contribution >= 4 is 11.6 Å². The molecule has 6 nitrogen and oxygen atoms in total. The van der Waals surface area contributed by atoms with E-state index in [2.05, 4.69) is 26.2 Å². The molecule has 132 valence electrons. The number of hydrogen-bond donors (Lipinski definition) is 1. The van der Waals surface area contributed by atoms with Crippen molar-refractivity contribution in [2.75, 3.05) is 6.54 Å². The van der Waals surface area contributed by atoms with Crippen LogP contribution in [0, 0.1) is 12.3 Å². The molecule has 2 aromatic heterocycles. The van der Waals surface area contributed by atoms with Gasteiger partial charge in [-0.1, -0.05) is 18.1 Å². The zero-order valence-electron chi connectivity index (χ0n) is 13.1. The second-order valence-corrected chi connectivity index (χ2v) is 5.13. The molecule has 1 aromatic carbocycles. The first kappa shape index (κ1) is 17.3. The minimum atomic E-state index is -4.80. The van der Waals surface area contributed by atoms with Gasteiger partial charge in [-0.05, 0) is 24.3 Å². The van der Waals surface area contributed by atoms with Crippen LogP contribution in [0.1, 0.15) is 10.4 Å². The second-order valence-electron chi connectivity index (χ2n) is 5.13. The largest absolute Gasteiger partial charge is 0.573 e. The van der Waals surface area contributed by atoms with Crippen LogP contribution in [0.2, 0.25) is 0 Å². The number of amides is 1. The van der Waals surface area contributed by atoms with Gasteiger partial charge >= 0.3 is 6.36 Å². The summed E-state index contributed by atoms with van der Waals surface area (Å²) in [6.07, 6.45) is 1.79. The molecule has 0 radical (unpaired) electrons. The SMILES string of the molecule is C#CCNC(=O)c1ccc2nnc(-c3cccc(OC(F)(F)F)c3)n2c1. The third-order valence-corrected chi connectivity index (χ3v) is 3.34. The molecule has 3 aromatic rings. The Morgan fingerprint density at radius 2 is 2.08 bits per heavy atom. The van der Waals surface area contributed by atoms with Crippen LogP contribution >= 0.6 is 0 Å². The molecule has 0 spiro atoms. The first-order valence-corrected chi connectivity index (χ1v) is 7.30. The molecule has 0 aliphatic carbocycles. The number of aromatic nitrogens is 3. The molecule has 0 bridgehead atoms. The number of pyridine rings is 1. The van der Waals surface area contributed by atoms with E-state index in [9.17, 15) is 18.0 Å². The van der Waals surface area contributed by atoms with Gasteiger partial charge in [0.2, 0.25) is 0 Å². The predicted molar refractivity (Wildman–Crippen MR) is 86.3 cm³/mol. The van der Waals surface area contributed by atoms with E-state index in [-0.39, 0.29) is 18.1 Å². The molecule has 0 aliphatic rings. The van der Waals surface area contributed by atoms with Gasteiger partial charge in [0.25, 0.3) is 5.91 Å². The maximum absolute atomic E-state index is 12.4. The number of terminal acetylenes is 1. The van der Waals surface area contributed by atoms with E-state index in [0.717, 1.165) is 0 Å². The Kier molecular flexibility index (Phi) is 4.49. The lowest BCUT2D eigenvalue weighted by Crippen LogP contribution is -2.23. The highest BCUT2D eigenvalue weighted by Crippen LogP contribution is 2.27. The maximum Gasteiger partial charge on any atom is 0.573 e. The first-order valence-electron chi connectivity index (χ1n) is 7.30. The summed E-state index contributed by atoms with van der Waals surface area (Å²) in [6.45, 7) is 0.0722. The van der Waals surface area contributed by atoms with E-state index in [1.54, 1.807) is 18.2 Å². The molecular weight excluding hydrogens is 349 g/mol. The maximum atomic E-state index is 12.4. The van der Waals surface area contributed by atoms with Gasteiger partial charge in [0.05, 0.1) is 12.1 Å². The molecule has 0 unspecified atom stereocenters. The van der Waals surface area contributed by atoms with E-state index in [1.807, 2.05) is 0 Å². The van der Waals surface area contributed by atoms with E-state index >= 15 is 0 Å². The number of nitrogens with zero attached hydrogens (tertiary/aromatic N) is 3. The molecule has 1 amide bonds. The van der Waals surface area contributed by atoms with Gasteiger partial charge in [-0.2, -0.15) is 0 Å². The lowest BCUT2D eigenvalue weighted by Gasteiger charge is -2.09. The van der Waals surface area contributed by atoms with Crippen molar-refractivity contribution in [2.24, 2.45) is 0 Å². The molecule has 0 atom stereocenters. The number of hydrogen-bond acceptors (Lipinski definition) is 4. The summed E-state index contributed by atoms with van der Waals surface area (Å²) in [5.74, 6) is 1.79. The minimum Gasteiger partial charge on any atom is -0.406 e. The fourth-order valence-electron chi connectivity index (χ4n) is 2.29. The Morgan fingerprint density at radius 3 is 2.81 bits per heavy atom. The molecule has 0 saturated heterocycles. The van der Waals surface area contributed by atoms with Crippen molar-refractivity contribution in [3.63, 3.8) is 0 Å². The number of benzene rings is 1. The van der Waals surface area contributed by atoms with Crippen molar-refractivity contribution in [2.45, 2.75) is 6.36 Å². The fraction of sp³-hybridized carbons (Fsp3) is 0.118. The van der Waals surface area contributed by atoms with E-state index < -0.39 is 12.3 Å². The molecule has 3 rings (SSSR count). The van der Waals surface area contributed by atoms with Gasteiger partial charge < -0.3 is 10.1 Å². The van der Waals surface area contributed by atoms with Crippen molar-refractivity contribution in [3.8, 4) is 29.5 Å². The number of carbonyl (C=O) groups excluding carboxylic acids is 1. The van der Waals surface area contributed by atoms with Crippen molar-refractivity contribution in [1.82, 2.24) is 19.9 Å². The third-order valence-electron chi connectivity index (χ3n) is 3.34. The van der Waals surface area contributed by atoms with Crippen molar-refractivity contribution < 1.29 is 22.7 Å². The average molecular weight is 360 g/mol. The normalized spacial score (nSPS) is 11.2. The topological polar surface area (TPSA) is 68.5 Å². The highest BCUT2D eigenvalue weighted by Gasteiger charge is 2.31. The summed E-state index contributed by atoms with van der Waals surface area (Å²) in [7, 11) is 0. The van der Waals surface area contributed by atoms with Crippen molar-refractivity contribution in [1.29, 1.82) is 0 Å². The van der Waals surface area contributed by atoms with Gasteiger partial charge in [-0.3, -0.25) is 9.20 Å². The van der Waals surface area contributed by atoms with Crippen LogP contribution in [0.3, 0.4) is 0 Å². The number of carbonyl (C=O) groups is 1. The molecule has 0 aliphatic heterocycles. The summed E-state index contributed by atoms with van der Waals surface area (Å²) in [5.41, 5.74) is 1.08. The Bertz CT molecular complexity index is 1010. The number of ether oxygens (including phenoxy) is 1. The van der Waals surface area contributed by atoms with Crippen LogP contribution < -0.4 is 10.1 Å². The van der Waals surface area contributed by atoms with Crippen LogP contribution in [0.15, 0.2) is 42.6 Å². The highest BCUT2D eigenvalue weighted by molar-refractivity contribution is 5.94. The summed E-state index contributed by atoms with van der Waals surface area (Å²) < 4.78 is 42.6. The van der Waals surface area contributed by atoms with E-state index in [4.69, 9.17) is 6.42 Å². The summed E-state index contributed by atoms with van der Waals surface area (Å²) in [5, 5.41) is 10.5. The van der Waals surface area contributed by atoms with Gasteiger partial charge in [0.1, 0.15) is 5.75 Å². The smallest absolute Gasteiger partial charge is 0.406 e. The molecule has 2 heterocycles. The lowest BCUT2D eigenvalue weighted by molar-refractivity contribution is -0.274. The van der Waals surface area contributed by atoms with Gasteiger partial charge in [-0.25, -0.2) is 0 Å². The first-order chi connectivity index (χ1) is 12.4. The Hall–Kier alpha value is -3.54. The highest BCUT2D eigenvalue weighted by atomic mass is 19.4. The average Bonchev–Trinajstić information content (AvgIpc) is 3.01. The van der Waals surface area contributed by atoms with Crippen LogP contribution in [-0.4, -0.2) is 33.4 Å². The quantitative estimate of drug-likeness (QED) is 0.727. The van der Waals surface area contributed by atoms with Crippen LogP contribution in [0.25, 0.3) is 17.0 Å². The molecular formula is C17H11F3N4O2. The number of fused-ring (bicyclic) bond motifs is 1. The molecule has 0 fully saturated rings. The Labute approximate surface area is 145 Å². The predicted octanol–water partition coefficient (Wildman–Crippen LogP) is 2.66. The van der Waals surface area contributed by atoms with Gasteiger partial charge in [0.15, 0.2) is 11.5 Å². The number of halogens is 3. The molecule has 0 saturated carbocycles. The van der Waals surface area contributed by atoms with E-state index in [1.165, 1.54) is 28.8 Å². The summed E-state index contributed by atoms with van der Waals surface area (Å²) in [6, 6.07) is 8.44. The summed E-state index contributed by atoms with van der Waals surface area (Å²) >= 11 is 0. The zero-order chi connectivity index (χ0) is 18.7. The number of nitrogens with one attached hydrogen (secondary N) is 1. The summed E-state index contributed by atoms with van der Waals surface area (Å²) in [4.78, 5) is 12.0. The monoisotopic (exact) mass is 360 g/mol. The molecule has 26 heavy (non-hydrogen) atoms. The van der Waals surface area contributed by atoms with Gasteiger partial charge in [0, 0.05) is 11.8 Å². The van der Waals surface area contributed by atoms with Crippen LogP contribution in [0.4, 0.5) is 13.2 Å². The number of alkyl halides is 3. The third kappa shape index (κ3) is 3.75. The second kappa shape index (κ2) is 6.76. The minimum absolute atomic E-state index is 0.0722. The van der Waals surface area contributed by atoms with Gasteiger partial charge in [-0.15, -0.1) is 29.8 Å². The number of rotatable bonds is 4. The lowest BCUT2D eigenvalue weighted by atomic mass is 10.2.